The van der Waals surface area contributed by atoms with Crippen LogP contribution in [0.3, 0.4) is 0 Å². The van der Waals surface area contributed by atoms with Crippen molar-refractivity contribution < 1.29 is 24.6 Å². The van der Waals surface area contributed by atoms with Crippen LogP contribution >= 0.6 is 0 Å². The molecule has 1 unspecified atom stereocenters. The van der Waals surface area contributed by atoms with Gasteiger partial charge in [-0.2, -0.15) is 0 Å². The van der Waals surface area contributed by atoms with Gasteiger partial charge in [0.2, 0.25) is 0 Å². The summed E-state index contributed by atoms with van der Waals surface area (Å²) in [7, 11) is 3.57. The van der Waals surface area contributed by atoms with Crippen LogP contribution in [0.4, 0.5) is 0 Å². The number of allylic oxidation sites excluding steroid dienone is 1. The molecule has 1 aromatic carbocycles. The molecule has 0 aliphatic carbocycles. The van der Waals surface area contributed by atoms with Crippen LogP contribution in [-0.2, 0) is 9.59 Å². The maximum atomic E-state index is 12.0. The standard InChI is InChI=1S/C18H20N2O5/c1-10-14(17(22)23)15(12-7-5-4-6-11(12)9-21)16(18(24)25)13(19-10)8-20(2)3/h4-7,9,15,19H,8H2,1-3H3,(H,22,23)(H,24,25). The number of hydrogen-bond donors (Lipinski definition) is 3. The molecule has 7 heteroatoms. The van der Waals surface area contributed by atoms with E-state index in [4.69, 9.17) is 0 Å². The first-order valence-corrected chi connectivity index (χ1v) is 7.64. The molecule has 0 bridgehead atoms. The van der Waals surface area contributed by atoms with Crippen LogP contribution in [0.2, 0.25) is 0 Å². The number of carboxylic acids is 2. The Kier molecular flexibility index (Phi) is 5.38. The molecule has 0 radical (unpaired) electrons. The molecular formula is C18H20N2O5. The Morgan fingerprint density at radius 2 is 1.76 bits per heavy atom. The first kappa shape index (κ1) is 18.4. The summed E-state index contributed by atoms with van der Waals surface area (Å²) in [6, 6.07) is 6.44. The zero-order valence-corrected chi connectivity index (χ0v) is 14.2. The summed E-state index contributed by atoms with van der Waals surface area (Å²) in [5.41, 5.74) is 1.26. The molecule has 132 valence electrons. The van der Waals surface area contributed by atoms with Gasteiger partial charge >= 0.3 is 11.9 Å². The molecule has 0 amide bonds. The van der Waals surface area contributed by atoms with Crippen LogP contribution < -0.4 is 5.32 Å². The minimum absolute atomic E-state index is 0.0639. The van der Waals surface area contributed by atoms with Gasteiger partial charge in [0.25, 0.3) is 0 Å². The lowest BCUT2D eigenvalue weighted by Gasteiger charge is -2.31. The quantitative estimate of drug-likeness (QED) is 0.670. The molecular weight excluding hydrogens is 324 g/mol. The normalized spacial score (nSPS) is 17.5. The van der Waals surface area contributed by atoms with Gasteiger partial charge in [0.05, 0.1) is 17.1 Å². The van der Waals surface area contributed by atoms with Gasteiger partial charge in [0, 0.05) is 23.5 Å². The number of carboxylic acid groups (broad SMARTS) is 2. The SMILES string of the molecule is CC1=C(C(=O)O)C(c2ccccc2C=O)C(C(=O)O)=C(CN(C)C)N1. The number of carbonyl (C=O) groups excluding carboxylic acids is 1. The summed E-state index contributed by atoms with van der Waals surface area (Å²) < 4.78 is 0. The van der Waals surface area contributed by atoms with Crippen LogP contribution in [-0.4, -0.2) is 54.0 Å². The van der Waals surface area contributed by atoms with Gasteiger partial charge in [-0.15, -0.1) is 0 Å². The van der Waals surface area contributed by atoms with Crippen molar-refractivity contribution in [2.45, 2.75) is 12.8 Å². The number of aliphatic carboxylic acids is 2. The zero-order chi connectivity index (χ0) is 18.7. The molecule has 1 atom stereocenters. The van der Waals surface area contributed by atoms with Crippen LogP contribution in [0.1, 0.15) is 28.8 Å². The summed E-state index contributed by atoms with van der Waals surface area (Å²) in [6.07, 6.45) is 0.608. The van der Waals surface area contributed by atoms with Gasteiger partial charge in [-0.3, -0.25) is 4.79 Å². The van der Waals surface area contributed by atoms with E-state index in [0.29, 0.717) is 29.8 Å². The summed E-state index contributed by atoms with van der Waals surface area (Å²) >= 11 is 0. The third-order valence-corrected chi connectivity index (χ3v) is 4.01. The number of dihydropyridines is 1. The van der Waals surface area contributed by atoms with Crippen molar-refractivity contribution in [3.05, 3.63) is 57.9 Å². The Morgan fingerprint density at radius 1 is 1.16 bits per heavy atom. The predicted octanol–water partition coefficient (Wildman–Crippen LogP) is 1.44. The first-order chi connectivity index (χ1) is 11.8. The second-order valence-electron chi connectivity index (χ2n) is 6.08. The topological polar surface area (TPSA) is 107 Å². The van der Waals surface area contributed by atoms with E-state index in [0.717, 1.165) is 0 Å². The van der Waals surface area contributed by atoms with Crippen LogP contribution in [0.25, 0.3) is 0 Å². The van der Waals surface area contributed by atoms with E-state index in [2.05, 4.69) is 5.32 Å². The second-order valence-corrected chi connectivity index (χ2v) is 6.08. The van der Waals surface area contributed by atoms with Gasteiger partial charge in [0.1, 0.15) is 6.29 Å². The minimum atomic E-state index is -1.22. The molecule has 0 saturated carbocycles. The van der Waals surface area contributed by atoms with Gasteiger partial charge < -0.3 is 20.4 Å². The van der Waals surface area contributed by atoms with Crippen LogP contribution in [0.15, 0.2) is 46.8 Å². The molecule has 25 heavy (non-hydrogen) atoms. The molecule has 3 N–H and O–H groups in total. The maximum absolute atomic E-state index is 12.0. The molecule has 7 nitrogen and oxygen atoms in total. The number of rotatable bonds is 6. The van der Waals surface area contributed by atoms with Crippen LogP contribution in [0.5, 0.6) is 0 Å². The average molecular weight is 344 g/mol. The van der Waals surface area contributed by atoms with Crippen LogP contribution in [0, 0.1) is 0 Å². The van der Waals surface area contributed by atoms with Crippen molar-refractivity contribution in [1.29, 1.82) is 0 Å². The predicted molar refractivity (Wildman–Crippen MR) is 91.3 cm³/mol. The zero-order valence-electron chi connectivity index (χ0n) is 14.2. The Balaban J connectivity index is 2.79. The molecule has 0 spiro atoms. The van der Waals surface area contributed by atoms with Crippen molar-refractivity contribution in [3.63, 3.8) is 0 Å². The first-order valence-electron chi connectivity index (χ1n) is 7.64. The summed E-state index contributed by atoms with van der Waals surface area (Å²) in [6.45, 7) is 1.89. The molecule has 1 aromatic rings. The highest BCUT2D eigenvalue weighted by molar-refractivity contribution is 5.99. The molecule has 2 rings (SSSR count). The Morgan fingerprint density at radius 3 is 2.28 bits per heavy atom. The Bertz CT molecular complexity index is 792. The molecule has 0 fully saturated rings. The Labute approximate surface area is 145 Å². The Hall–Kier alpha value is -2.93. The van der Waals surface area contributed by atoms with E-state index < -0.39 is 17.9 Å². The second kappa shape index (κ2) is 7.31. The number of aldehydes is 1. The fourth-order valence-electron chi connectivity index (χ4n) is 3.07. The lowest BCUT2D eigenvalue weighted by molar-refractivity contribution is -0.133. The highest BCUT2D eigenvalue weighted by Gasteiger charge is 2.38. The lowest BCUT2D eigenvalue weighted by atomic mass is 9.78. The average Bonchev–Trinajstić information content (AvgIpc) is 2.52. The fourth-order valence-corrected chi connectivity index (χ4v) is 3.07. The summed E-state index contributed by atoms with van der Waals surface area (Å²) in [5, 5.41) is 22.4. The number of benzene rings is 1. The van der Waals surface area contributed by atoms with E-state index in [-0.39, 0.29) is 16.7 Å². The lowest BCUT2D eigenvalue weighted by Crippen LogP contribution is -2.36. The van der Waals surface area contributed by atoms with Crippen molar-refractivity contribution in [3.8, 4) is 0 Å². The number of likely N-dealkylation sites (N-methyl/N-ethyl adjacent to an activating group) is 1. The van der Waals surface area contributed by atoms with Gasteiger partial charge in [0.15, 0.2) is 0 Å². The highest BCUT2D eigenvalue weighted by atomic mass is 16.4. The monoisotopic (exact) mass is 344 g/mol. The van der Waals surface area contributed by atoms with Gasteiger partial charge in [-0.05, 0) is 26.6 Å². The fraction of sp³-hybridized carbons (Fsp3) is 0.278. The minimum Gasteiger partial charge on any atom is -0.478 e. The maximum Gasteiger partial charge on any atom is 0.334 e. The molecule has 1 heterocycles. The van der Waals surface area contributed by atoms with E-state index in [1.54, 1.807) is 50.2 Å². The van der Waals surface area contributed by atoms with E-state index in [1.807, 2.05) is 0 Å². The third-order valence-electron chi connectivity index (χ3n) is 4.01. The van der Waals surface area contributed by atoms with Gasteiger partial charge in [-0.25, -0.2) is 9.59 Å². The largest absolute Gasteiger partial charge is 0.478 e. The van der Waals surface area contributed by atoms with Gasteiger partial charge in [-0.1, -0.05) is 24.3 Å². The third kappa shape index (κ3) is 3.61. The smallest absolute Gasteiger partial charge is 0.334 e. The van der Waals surface area contributed by atoms with E-state index in [9.17, 15) is 24.6 Å². The molecule has 0 saturated heterocycles. The van der Waals surface area contributed by atoms with Crippen molar-refractivity contribution in [2.75, 3.05) is 20.6 Å². The molecule has 1 aliphatic rings. The van der Waals surface area contributed by atoms with Crippen molar-refractivity contribution >= 4 is 18.2 Å². The molecule has 0 aromatic heterocycles. The van der Waals surface area contributed by atoms with E-state index >= 15 is 0 Å². The number of nitrogens with one attached hydrogen (secondary N) is 1. The number of nitrogens with zero attached hydrogens (tertiary/aromatic N) is 1. The highest BCUT2D eigenvalue weighted by Crippen LogP contribution is 2.39. The summed E-state index contributed by atoms with van der Waals surface area (Å²) in [4.78, 5) is 37.0. The number of carbonyl (C=O) groups is 3. The summed E-state index contributed by atoms with van der Waals surface area (Å²) in [5.74, 6) is -3.48. The number of hydrogen-bond acceptors (Lipinski definition) is 5. The van der Waals surface area contributed by atoms with Crippen molar-refractivity contribution in [1.82, 2.24) is 10.2 Å². The van der Waals surface area contributed by atoms with E-state index in [1.165, 1.54) is 0 Å². The molecule has 1 aliphatic heterocycles. The van der Waals surface area contributed by atoms with Crippen molar-refractivity contribution in [2.24, 2.45) is 0 Å².